The number of thiazole rings is 1. The molecule has 0 aliphatic rings. The van der Waals surface area contributed by atoms with Crippen LogP contribution in [0.2, 0.25) is 5.02 Å². The number of alkyl halides is 1. The van der Waals surface area contributed by atoms with Crippen LogP contribution in [0.3, 0.4) is 0 Å². The van der Waals surface area contributed by atoms with Crippen molar-refractivity contribution in [3.8, 4) is 11.5 Å². The van der Waals surface area contributed by atoms with Crippen LogP contribution in [-0.4, -0.2) is 12.1 Å². The number of hydrogen-bond donors (Lipinski definition) is 0. The second kappa shape index (κ2) is 6.27. The second-order valence-electron chi connectivity index (χ2n) is 3.46. The maximum Gasteiger partial charge on any atom is 0.180 e. The Balaban J connectivity index is 2.20. The second-order valence-corrected chi connectivity index (χ2v) is 5.11. The monoisotopic (exact) mass is 303 g/mol. The number of ether oxygens (including phenoxy) is 2. The van der Waals surface area contributed by atoms with Crippen LogP contribution in [0.25, 0.3) is 0 Å². The standard InChI is InChI=1S/C12H11Cl2NO2S/c1-16-10-5-8(6-13)4-9(14)12(10)17-7-11-15-2-3-18-11/h2-5H,6-7H2,1H3. The molecule has 0 saturated carbocycles. The van der Waals surface area contributed by atoms with Crippen molar-refractivity contribution in [2.24, 2.45) is 0 Å². The van der Waals surface area contributed by atoms with E-state index in [1.54, 1.807) is 19.4 Å². The lowest BCUT2D eigenvalue weighted by atomic mass is 10.2. The van der Waals surface area contributed by atoms with E-state index in [1.807, 2.05) is 11.4 Å². The zero-order valence-electron chi connectivity index (χ0n) is 9.65. The fourth-order valence-corrected chi connectivity index (χ4v) is 2.42. The van der Waals surface area contributed by atoms with E-state index in [2.05, 4.69) is 4.98 Å². The third-order valence-electron chi connectivity index (χ3n) is 2.27. The maximum atomic E-state index is 6.15. The fraction of sp³-hybridized carbons (Fsp3) is 0.250. The molecular weight excluding hydrogens is 293 g/mol. The third kappa shape index (κ3) is 3.07. The van der Waals surface area contributed by atoms with Gasteiger partial charge in [-0.1, -0.05) is 11.6 Å². The van der Waals surface area contributed by atoms with Gasteiger partial charge in [0, 0.05) is 17.5 Å². The van der Waals surface area contributed by atoms with Crippen molar-refractivity contribution >= 4 is 34.5 Å². The molecule has 3 nitrogen and oxygen atoms in total. The van der Waals surface area contributed by atoms with Crippen LogP contribution in [-0.2, 0) is 12.5 Å². The molecule has 1 heterocycles. The Kier molecular flexibility index (Phi) is 4.69. The summed E-state index contributed by atoms with van der Waals surface area (Å²) >= 11 is 13.5. The smallest absolute Gasteiger partial charge is 0.180 e. The molecule has 96 valence electrons. The highest BCUT2D eigenvalue weighted by atomic mass is 35.5. The Bertz CT molecular complexity index is 517. The summed E-state index contributed by atoms with van der Waals surface area (Å²) < 4.78 is 10.9. The molecule has 1 aromatic heterocycles. The van der Waals surface area contributed by atoms with E-state index in [0.717, 1.165) is 10.6 Å². The van der Waals surface area contributed by atoms with Crippen molar-refractivity contribution in [3.63, 3.8) is 0 Å². The van der Waals surface area contributed by atoms with Crippen molar-refractivity contribution in [2.75, 3.05) is 7.11 Å². The summed E-state index contributed by atoms with van der Waals surface area (Å²) in [4.78, 5) is 4.14. The summed E-state index contributed by atoms with van der Waals surface area (Å²) in [6.07, 6.45) is 1.73. The SMILES string of the molecule is COc1cc(CCl)cc(Cl)c1OCc1nccs1. The van der Waals surface area contributed by atoms with Crippen LogP contribution in [0, 0.1) is 0 Å². The number of aromatic nitrogens is 1. The van der Waals surface area contributed by atoms with Gasteiger partial charge < -0.3 is 9.47 Å². The van der Waals surface area contributed by atoms with Gasteiger partial charge in [-0.3, -0.25) is 0 Å². The molecule has 2 aromatic rings. The predicted molar refractivity (Wildman–Crippen MR) is 74.0 cm³/mol. The Labute approximate surface area is 119 Å². The molecule has 0 saturated heterocycles. The summed E-state index contributed by atoms with van der Waals surface area (Å²) in [6, 6.07) is 3.59. The highest BCUT2D eigenvalue weighted by Gasteiger charge is 2.12. The number of methoxy groups -OCH3 is 1. The summed E-state index contributed by atoms with van der Waals surface area (Å²) in [5.41, 5.74) is 0.889. The van der Waals surface area contributed by atoms with Crippen LogP contribution in [0.15, 0.2) is 23.7 Å². The van der Waals surface area contributed by atoms with Gasteiger partial charge in [-0.25, -0.2) is 4.98 Å². The van der Waals surface area contributed by atoms with Crippen molar-refractivity contribution < 1.29 is 9.47 Å². The predicted octanol–water partition coefficient (Wildman–Crippen LogP) is 4.12. The van der Waals surface area contributed by atoms with Crippen LogP contribution in [0.1, 0.15) is 10.6 Å². The molecule has 2 rings (SSSR count). The summed E-state index contributed by atoms with van der Waals surface area (Å²) in [5, 5.41) is 3.27. The topological polar surface area (TPSA) is 31.4 Å². The maximum absolute atomic E-state index is 6.15. The molecule has 0 N–H and O–H groups in total. The van der Waals surface area contributed by atoms with E-state index in [-0.39, 0.29) is 0 Å². The van der Waals surface area contributed by atoms with Crippen molar-refractivity contribution in [2.45, 2.75) is 12.5 Å². The zero-order chi connectivity index (χ0) is 13.0. The molecule has 0 aliphatic carbocycles. The lowest BCUT2D eigenvalue weighted by Gasteiger charge is -2.12. The van der Waals surface area contributed by atoms with Crippen molar-refractivity contribution in [1.29, 1.82) is 0 Å². The molecule has 0 atom stereocenters. The quantitative estimate of drug-likeness (QED) is 0.779. The Hall–Kier alpha value is -0.970. The van der Waals surface area contributed by atoms with Gasteiger partial charge >= 0.3 is 0 Å². The molecule has 0 bridgehead atoms. The largest absolute Gasteiger partial charge is 0.493 e. The van der Waals surface area contributed by atoms with Crippen LogP contribution in [0.4, 0.5) is 0 Å². The number of halogens is 2. The number of rotatable bonds is 5. The van der Waals surface area contributed by atoms with E-state index in [4.69, 9.17) is 32.7 Å². The van der Waals surface area contributed by atoms with Crippen molar-refractivity contribution in [1.82, 2.24) is 4.98 Å². The molecule has 6 heteroatoms. The molecule has 18 heavy (non-hydrogen) atoms. The first-order valence-electron chi connectivity index (χ1n) is 5.18. The molecule has 0 unspecified atom stereocenters. The minimum atomic E-state index is 0.369. The molecule has 0 fully saturated rings. The Morgan fingerprint density at radius 3 is 2.83 bits per heavy atom. The highest BCUT2D eigenvalue weighted by molar-refractivity contribution is 7.09. The van der Waals surface area contributed by atoms with E-state index in [1.165, 1.54) is 11.3 Å². The molecule has 0 aliphatic heterocycles. The highest BCUT2D eigenvalue weighted by Crippen LogP contribution is 2.37. The summed E-state index contributed by atoms with van der Waals surface area (Å²) in [7, 11) is 1.57. The van der Waals surface area contributed by atoms with Crippen LogP contribution >= 0.6 is 34.5 Å². The zero-order valence-corrected chi connectivity index (χ0v) is 12.0. The van der Waals surface area contributed by atoms with Gasteiger partial charge in [0.25, 0.3) is 0 Å². The lowest BCUT2D eigenvalue weighted by molar-refractivity contribution is 0.284. The van der Waals surface area contributed by atoms with E-state index < -0.39 is 0 Å². The van der Waals surface area contributed by atoms with Gasteiger partial charge in [0.1, 0.15) is 11.6 Å². The van der Waals surface area contributed by atoms with Gasteiger partial charge in [0.05, 0.1) is 12.1 Å². The summed E-state index contributed by atoms with van der Waals surface area (Å²) in [5.74, 6) is 1.47. The summed E-state index contributed by atoms with van der Waals surface area (Å²) in [6.45, 7) is 0.369. The first kappa shape index (κ1) is 13.5. The normalized spacial score (nSPS) is 10.4. The molecular formula is C12H11Cl2NO2S. The van der Waals surface area contributed by atoms with E-state index in [0.29, 0.717) is 29.0 Å². The van der Waals surface area contributed by atoms with Crippen molar-refractivity contribution in [3.05, 3.63) is 39.3 Å². The number of hydrogen-bond acceptors (Lipinski definition) is 4. The van der Waals surface area contributed by atoms with Gasteiger partial charge in [0.15, 0.2) is 11.5 Å². The van der Waals surface area contributed by atoms with Gasteiger partial charge in [-0.05, 0) is 17.7 Å². The average molecular weight is 304 g/mol. The van der Waals surface area contributed by atoms with E-state index in [9.17, 15) is 0 Å². The number of benzene rings is 1. The average Bonchev–Trinajstić information content (AvgIpc) is 2.89. The molecule has 0 radical (unpaired) electrons. The van der Waals surface area contributed by atoms with Gasteiger partial charge in [0.2, 0.25) is 0 Å². The van der Waals surface area contributed by atoms with Gasteiger partial charge in [-0.2, -0.15) is 0 Å². The Morgan fingerprint density at radius 2 is 2.22 bits per heavy atom. The molecule has 0 amide bonds. The molecule has 0 spiro atoms. The third-order valence-corrected chi connectivity index (χ3v) is 3.61. The Morgan fingerprint density at radius 1 is 1.39 bits per heavy atom. The van der Waals surface area contributed by atoms with Gasteiger partial charge in [-0.15, -0.1) is 22.9 Å². The van der Waals surface area contributed by atoms with Crippen LogP contribution in [0.5, 0.6) is 11.5 Å². The first-order valence-corrected chi connectivity index (χ1v) is 6.97. The minimum Gasteiger partial charge on any atom is -0.493 e. The molecule has 1 aromatic carbocycles. The first-order chi connectivity index (χ1) is 8.74. The number of nitrogens with zero attached hydrogens (tertiary/aromatic N) is 1. The van der Waals surface area contributed by atoms with Crippen LogP contribution < -0.4 is 9.47 Å². The minimum absolute atomic E-state index is 0.369. The lowest BCUT2D eigenvalue weighted by Crippen LogP contribution is -1.98. The fourth-order valence-electron chi connectivity index (χ4n) is 1.45. The van der Waals surface area contributed by atoms with E-state index >= 15 is 0 Å².